The quantitative estimate of drug-likeness (QED) is 0.782. The van der Waals surface area contributed by atoms with Crippen LogP contribution < -0.4 is 10.2 Å². The lowest BCUT2D eigenvalue weighted by Gasteiger charge is -2.22. The van der Waals surface area contributed by atoms with Gasteiger partial charge in [0.15, 0.2) is 0 Å². The monoisotopic (exact) mass is 269 g/mol. The number of rotatable bonds is 7. The highest BCUT2D eigenvalue weighted by Gasteiger charge is 2.07. The van der Waals surface area contributed by atoms with Gasteiger partial charge in [0.25, 0.3) is 0 Å². The van der Waals surface area contributed by atoms with Crippen molar-refractivity contribution >= 4 is 5.69 Å². The molecule has 0 aliphatic heterocycles. The molecule has 1 aromatic carbocycles. The van der Waals surface area contributed by atoms with Crippen LogP contribution in [-0.2, 0) is 13.1 Å². The van der Waals surface area contributed by atoms with E-state index < -0.39 is 0 Å². The summed E-state index contributed by atoms with van der Waals surface area (Å²) in [5.41, 5.74) is 3.85. The normalized spacial score (nSPS) is 10.5. The van der Waals surface area contributed by atoms with Crippen LogP contribution in [0.25, 0.3) is 0 Å². The number of pyridine rings is 1. The number of hydrogen-bond donors (Lipinski definition) is 1. The van der Waals surface area contributed by atoms with Gasteiger partial charge in [-0.3, -0.25) is 4.98 Å². The van der Waals surface area contributed by atoms with Crippen LogP contribution >= 0.6 is 0 Å². The van der Waals surface area contributed by atoms with Crippen molar-refractivity contribution in [2.45, 2.75) is 26.4 Å². The van der Waals surface area contributed by atoms with E-state index in [0.717, 1.165) is 26.1 Å². The fraction of sp³-hybridized carbons (Fsp3) is 0.353. The van der Waals surface area contributed by atoms with Gasteiger partial charge in [-0.2, -0.15) is 0 Å². The summed E-state index contributed by atoms with van der Waals surface area (Å²) < 4.78 is 0. The first-order chi connectivity index (χ1) is 9.81. The number of hydrogen-bond acceptors (Lipinski definition) is 3. The Morgan fingerprint density at radius 2 is 2.00 bits per heavy atom. The highest BCUT2D eigenvalue weighted by molar-refractivity contribution is 5.53. The number of nitrogens with zero attached hydrogens (tertiary/aromatic N) is 2. The first kappa shape index (κ1) is 14.5. The zero-order valence-electron chi connectivity index (χ0n) is 12.3. The molecule has 1 heterocycles. The van der Waals surface area contributed by atoms with Crippen molar-refractivity contribution in [1.82, 2.24) is 10.3 Å². The van der Waals surface area contributed by atoms with Crippen LogP contribution in [0.5, 0.6) is 0 Å². The fourth-order valence-corrected chi connectivity index (χ4v) is 2.28. The molecule has 1 N–H and O–H groups in total. The van der Waals surface area contributed by atoms with E-state index in [9.17, 15) is 0 Å². The number of benzene rings is 1. The van der Waals surface area contributed by atoms with Crippen molar-refractivity contribution in [2.75, 3.05) is 18.5 Å². The first-order valence-corrected chi connectivity index (χ1v) is 7.20. The van der Waals surface area contributed by atoms with Gasteiger partial charge in [-0.05, 0) is 36.2 Å². The zero-order valence-corrected chi connectivity index (χ0v) is 12.3. The van der Waals surface area contributed by atoms with Gasteiger partial charge < -0.3 is 10.2 Å². The summed E-state index contributed by atoms with van der Waals surface area (Å²) >= 11 is 0. The largest absolute Gasteiger partial charge is 0.370 e. The van der Waals surface area contributed by atoms with E-state index in [0.29, 0.717) is 0 Å². The molecular formula is C17H23N3. The number of nitrogens with one attached hydrogen (secondary N) is 1. The molecule has 1 aromatic heterocycles. The minimum atomic E-state index is 0.874. The van der Waals surface area contributed by atoms with E-state index in [-0.39, 0.29) is 0 Å². The fourth-order valence-electron chi connectivity index (χ4n) is 2.28. The van der Waals surface area contributed by atoms with Crippen LogP contribution in [0.2, 0.25) is 0 Å². The summed E-state index contributed by atoms with van der Waals surface area (Å²) in [6.07, 6.45) is 4.90. The average molecular weight is 269 g/mol. The standard InChI is InChI=1S/C17H23N3/c1-3-10-18-13-16-8-4-5-9-17(16)20(2)14-15-7-6-11-19-12-15/h4-9,11-12,18H,3,10,13-14H2,1-2H3. The van der Waals surface area contributed by atoms with E-state index in [1.807, 2.05) is 18.5 Å². The molecule has 20 heavy (non-hydrogen) atoms. The van der Waals surface area contributed by atoms with Crippen molar-refractivity contribution in [1.29, 1.82) is 0 Å². The van der Waals surface area contributed by atoms with Crippen LogP contribution in [0.1, 0.15) is 24.5 Å². The molecular weight excluding hydrogens is 246 g/mol. The molecule has 2 rings (SSSR count). The van der Waals surface area contributed by atoms with Crippen molar-refractivity contribution in [3.63, 3.8) is 0 Å². The number of anilines is 1. The molecule has 3 heteroatoms. The zero-order chi connectivity index (χ0) is 14.2. The molecule has 0 radical (unpaired) electrons. The summed E-state index contributed by atoms with van der Waals surface area (Å²) in [4.78, 5) is 6.45. The van der Waals surface area contributed by atoms with Crippen LogP contribution in [0.3, 0.4) is 0 Å². The molecule has 0 amide bonds. The highest BCUT2D eigenvalue weighted by Crippen LogP contribution is 2.20. The van der Waals surface area contributed by atoms with E-state index in [1.54, 1.807) is 0 Å². The summed E-state index contributed by atoms with van der Waals surface area (Å²) in [5, 5.41) is 3.47. The third kappa shape index (κ3) is 4.07. The van der Waals surface area contributed by atoms with Crippen molar-refractivity contribution in [3.8, 4) is 0 Å². The van der Waals surface area contributed by atoms with Crippen LogP contribution in [0, 0.1) is 0 Å². The summed E-state index contributed by atoms with van der Waals surface area (Å²) in [5.74, 6) is 0. The number of para-hydroxylation sites is 1. The van der Waals surface area contributed by atoms with E-state index in [2.05, 4.69) is 59.5 Å². The third-order valence-electron chi connectivity index (χ3n) is 3.29. The molecule has 106 valence electrons. The second-order valence-electron chi connectivity index (χ2n) is 5.02. The second kappa shape index (κ2) is 7.65. The smallest absolute Gasteiger partial charge is 0.0441 e. The maximum absolute atomic E-state index is 4.18. The van der Waals surface area contributed by atoms with E-state index >= 15 is 0 Å². The lowest BCUT2D eigenvalue weighted by molar-refractivity contribution is 0.673. The van der Waals surface area contributed by atoms with Crippen LogP contribution in [0.4, 0.5) is 5.69 Å². The van der Waals surface area contributed by atoms with Gasteiger partial charge >= 0.3 is 0 Å². The minimum absolute atomic E-state index is 0.874. The second-order valence-corrected chi connectivity index (χ2v) is 5.02. The Kier molecular flexibility index (Phi) is 5.56. The Labute approximate surface area is 121 Å². The molecule has 0 aliphatic rings. The SMILES string of the molecule is CCCNCc1ccccc1N(C)Cc1cccnc1. The molecule has 0 fully saturated rings. The molecule has 0 aliphatic carbocycles. The van der Waals surface area contributed by atoms with Crippen molar-refractivity contribution < 1.29 is 0 Å². The first-order valence-electron chi connectivity index (χ1n) is 7.20. The van der Waals surface area contributed by atoms with Crippen molar-refractivity contribution in [3.05, 3.63) is 59.9 Å². The van der Waals surface area contributed by atoms with Gasteiger partial charge in [0.1, 0.15) is 0 Å². The topological polar surface area (TPSA) is 28.2 Å². The van der Waals surface area contributed by atoms with Gasteiger partial charge in [-0.25, -0.2) is 0 Å². The molecule has 0 spiro atoms. The Bertz CT molecular complexity index is 511. The molecule has 2 aromatic rings. The van der Waals surface area contributed by atoms with Gasteiger partial charge in [0.05, 0.1) is 0 Å². The van der Waals surface area contributed by atoms with E-state index in [1.165, 1.54) is 16.8 Å². The van der Waals surface area contributed by atoms with Crippen molar-refractivity contribution in [2.24, 2.45) is 0 Å². The summed E-state index contributed by atoms with van der Waals surface area (Å²) in [6.45, 7) is 5.04. The Balaban J connectivity index is 2.07. The molecule has 0 saturated heterocycles. The molecule has 0 atom stereocenters. The highest BCUT2D eigenvalue weighted by atomic mass is 15.1. The Hall–Kier alpha value is -1.87. The Morgan fingerprint density at radius 3 is 2.75 bits per heavy atom. The van der Waals surface area contributed by atoms with E-state index in [4.69, 9.17) is 0 Å². The molecule has 0 unspecified atom stereocenters. The molecule has 0 bridgehead atoms. The molecule has 3 nitrogen and oxygen atoms in total. The predicted molar refractivity (Wildman–Crippen MR) is 84.8 cm³/mol. The maximum atomic E-state index is 4.18. The third-order valence-corrected chi connectivity index (χ3v) is 3.29. The van der Waals surface area contributed by atoms with Gasteiger partial charge in [0, 0.05) is 38.2 Å². The average Bonchev–Trinajstić information content (AvgIpc) is 2.49. The Morgan fingerprint density at radius 1 is 1.15 bits per heavy atom. The van der Waals surface area contributed by atoms with Gasteiger partial charge in [0.2, 0.25) is 0 Å². The number of aromatic nitrogens is 1. The van der Waals surface area contributed by atoms with Gasteiger partial charge in [-0.1, -0.05) is 31.2 Å². The summed E-state index contributed by atoms with van der Waals surface area (Å²) in [7, 11) is 2.13. The lowest BCUT2D eigenvalue weighted by Crippen LogP contribution is -2.21. The lowest BCUT2D eigenvalue weighted by atomic mass is 10.1. The van der Waals surface area contributed by atoms with Crippen LogP contribution in [0.15, 0.2) is 48.8 Å². The van der Waals surface area contributed by atoms with Gasteiger partial charge in [-0.15, -0.1) is 0 Å². The minimum Gasteiger partial charge on any atom is -0.370 e. The van der Waals surface area contributed by atoms with Crippen LogP contribution in [-0.4, -0.2) is 18.6 Å². The summed E-state index contributed by atoms with van der Waals surface area (Å²) in [6, 6.07) is 12.7. The molecule has 0 saturated carbocycles. The predicted octanol–water partition coefficient (Wildman–Crippen LogP) is 3.22. The maximum Gasteiger partial charge on any atom is 0.0441 e.